The van der Waals surface area contributed by atoms with Gasteiger partial charge in [0.15, 0.2) is 0 Å². The molecule has 2 aliphatic rings. The Hall–Kier alpha value is -0.260. The van der Waals surface area contributed by atoms with Gasteiger partial charge in [0.05, 0.1) is 0 Å². The lowest BCUT2D eigenvalue weighted by atomic mass is 9.84. The molecular weight excluding hydrogens is 180 g/mol. The van der Waals surface area contributed by atoms with Crippen molar-refractivity contribution in [3.8, 4) is 0 Å². The first-order chi connectivity index (χ1) is 7.28. The van der Waals surface area contributed by atoms with E-state index < -0.39 is 0 Å². The van der Waals surface area contributed by atoms with Gasteiger partial charge in [-0.1, -0.05) is 71.8 Å². The van der Waals surface area contributed by atoms with Gasteiger partial charge in [0, 0.05) is 0 Å². The van der Waals surface area contributed by atoms with E-state index >= 15 is 0 Å². The molecule has 2 rings (SSSR count). The predicted octanol–water partition coefficient (Wildman–Crippen LogP) is 5.59. The van der Waals surface area contributed by atoms with Crippen LogP contribution in [0.5, 0.6) is 0 Å². The van der Waals surface area contributed by atoms with Crippen LogP contribution in [0.2, 0.25) is 0 Å². The molecule has 0 spiro atoms. The van der Waals surface area contributed by atoms with Crippen LogP contribution in [-0.2, 0) is 0 Å². The molecule has 0 heteroatoms. The van der Waals surface area contributed by atoms with Crippen LogP contribution < -0.4 is 0 Å². The number of rotatable bonds is 3. The summed E-state index contributed by atoms with van der Waals surface area (Å²) < 4.78 is 0. The molecule has 2 saturated carbocycles. The molecule has 0 aromatic rings. The highest BCUT2D eigenvalue weighted by molar-refractivity contribution is 4.69. The smallest absolute Gasteiger partial charge is 0.0382 e. The van der Waals surface area contributed by atoms with Crippen LogP contribution in [0.15, 0.2) is 12.7 Å². The van der Waals surface area contributed by atoms with E-state index in [1.807, 2.05) is 6.08 Å². The molecule has 0 N–H and O–H groups in total. The predicted molar refractivity (Wildman–Crippen MR) is 71.1 cm³/mol. The Bertz CT molecular complexity index is 126. The maximum Gasteiger partial charge on any atom is -0.0382 e. The molecule has 0 aromatic carbocycles. The SMILES string of the molecule is C=CCC.CCC1CC1.CCC1CCC1. The molecule has 0 radical (unpaired) electrons. The Morgan fingerprint density at radius 2 is 1.33 bits per heavy atom. The van der Waals surface area contributed by atoms with Crippen LogP contribution in [-0.4, -0.2) is 0 Å². The summed E-state index contributed by atoms with van der Waals surface area (Å²) in [6.07, 6.45) is 13.3. The Balaban J connectivity index is 0.000000202. The molecule has 2 fully saturated rings. The molecule has 0 saturated heterocycles. The van der Waals surface area contributed by atoms with Crippen LogP contribution in [0.25, 0.3) is 0 Å². The molecule has 0 nitrogen and oxygen atoms in total. The van der Waals surface area contributed by atoms with E-state index in [1.165, 1.54) is 44.9 Å². The summed E-state index contributed by atoms with van der Waals surface area (Å²) in [5.74, 6) is 2.25. The van der Waals surface area contributed by atoms with Crippen molar-refractivity contribution in [2.24, 2.45) is 11.8 Å². The van der Waals surface area contributed by atoms with Crippen LogP contribution in [0.4, 0.5) is 0 Å². The molecule has 90 valence electrons. The molecule has 0 atom stereocenters. The van der Waals surface area contributed by atoms with E-state index in [-0.39, 0.29) is 0 Å². The zero-order valence-electron chi connectivity index (χ0n) is 11.1. The van der Waals surface area contributed by atoms with E-state index in [9.17, 15) is 0 Å². The standard InChI is InChI=1S/C6H12.C5H10.C4H8/c1-2-6-4-3-5-6;1-2-5-3-4-5;1-3-4-2/h6H,2-5H2,1H3;5H,2-4H2,1H3;3H,1,4H2,2H3. The van der Waals surface area contributed by atoms with Crippen molar-refractivity contribution in [3.63, 3.8) is 0 Å². The number of allylic oxidation sites excluding steroid dienone is 1. The minimum absolute atomic E-state index is 1.08. The van der Waals surface area contributed by atoms with Crippen LogP contribution in [0.3, 0.4) is 0 Å². The molecular formula is C15H30. The van der Waals surface area contributed by atoms with Crippen molar-refractivity contribution in [3.05, 3.63) is 12.7 Å². The van der Waals surface area contributed by atoms with Gasteiger partial charge in [-0.3, -0.25) is 0 Å². The van der Waals surface area contributed by atoms with E-state index in [0.717, 1.165) is 18.3 Å². The van der Waals surface area contributed by atoms with Crippen molar-refractivity contribution in [1.29, 1.82) is 0 Å². The van der Waals surface area contributed by atoms with E-state index in [1.54, 1.807) is 0 Å². The monoisotopic (exact) mass is 210 g/mol. The maximum atomic E-state index is 3.48. The molecule has 0 heterocycles. The minimum atomic E-state index is 1.08. The lowest BCUT2D eigenvalue weighted by Gasteiger charge is -2.22. The molecule has 0 aromatic heterocycles. The highest BCUT2D eigenvalue weighted by Crippen LogP contribution is 2.31. The Kier molecular flexibility index (Phi) is 10.1. The summed E-state index contributed by atoms with van der Waals surface area (Å²) in [7, 11) is 0. The molecule has 15 heavy (non-hydrogen) atoms. The summed E-state index contributed by atoms with van der Waals surface area (Å²) >= 11 is 0. The Morgan fingerprint density at radius 1 is 0.933 bits per heavy atom. The summed E-state index contributed by atoms with van der Waals surface area (Å²) in [5, 5.41) is 0. The molecule has 0 bridgehead atoms. The first-order valence-corrected chi connectivity index (χ1v) is 6.89. The quantitative estimate of drug-likeness (QED) is 0.533. The lowest BCUT2D eigenvalue weighted by Crippen LogP contribution is -2.08. The lowest BCUT2D eigenvalue weighted by molar-refractivity contribution is 0.307. The highest BCUT2D eigenvalue weighted by atomic mass is 14.2. The number of hydrogen-bond donors (Lipinski definition) is 0. The van der Waals surface area contributed by atoms with E-state index in [4.69, 9.17) is 0 Å². The van der Waals surface area contributed by atoms with Gasteiger partial charge in [-0.05, 0) is 18.3 Å². The van der Waals surface area contributed by atoms with Crippen LogP contribution in [0.1, 0.15) is 72.1 Å². The van der Waals surface area contributed by atoms with Gasteiger partial charge in [-0.25, -0.2) is 0 Å². The van der Waals surface area contributed by atoms with Crippen molar-refractivity contribution < 1.29 is 0 Å². The van der Waals surface area contributed by atoms with Crippen molar-refractivity contribution in [1.82, 2.24) is 0 Å². The largest absolute Gasteiger partial charge is 0.103 e. The summed E-state index contributed by atoms with van der Waals surface area (Å²) in [6, 6.07) is 0. The summed E-state index contributed by atoms with van der Waals surface area (Å²) in [5.41, 5.74) is 0. The zero-order valence-corrected chi connectivity index (χ0v) is 11.1. The van der Waals surface area contributed by atoms with Gasteiger partial charge in [-0.15, -0.1) is 6.58 Å². The fourth-order valence-corrected chi connectivity index (χ4v) is 1.43. The molecule has 2 aliphatic carbocycles. The first-order valence-electron chi connectivity index (χ1n) is 6.89. The van der Waals surface area contributed by atoms with E-state index in [2.05, 4.69) is 27.4 Å². The average Bonchev–Trinajstić information content (AvgIpc) is 3.00. The molecule has 0 unspecified atom stereocenters. The normalized spacial score (nSPS) is 18.9. The maximum absolute atomic E-state index is 3.48. The topological polar surface area (TPSA) is 0 Å². The van der Waals surface area contributed by atoms with E-state index in [0.29, 0.717) is 0 Å². The fourth-order valence-electron chi connectivity index (χ4n) is 1.43. The molecule has 0 amide bonds. The highest BCUT2D eigenvalue weighted by Gasteiger charge is 2.17. The van der Waals surface area contributed by atoms with Gasteiger partial charge in [0.2, 0.25) is 0 Å². The molecule has 0 aliphatic heterocycles. The third-order valence-electron chi connectivity index (χ3n) is 3.37. The Labute approximate surface area is 97.2 Å². The van der Waals surface area contributed by atoms with Crippen molar-refractivity contribution in [2.45, 2.75) is 72.1 Å². The third kappa shape index (κ3) is 10.0. The number of hydrogen-bond acceptors (Lipinski definition) is 0. The van der Waals surface area contributed by atoms with Gasteiger partial charge in [0.25, 0.3) is 0 Å². The van der Waals surface area contributed by atoms with Gasteiger partial charge in [0.1, 0.15) is 0 Å². The second-order valence-electron chi connectivity index (χ2n) is 4.75. The van der Waals surface area contributed by atoms with Gasteiger partial charge < -0.3 is 0 Å². The van der Waals surface area contributed by atoms with Crippen LogP contribution >= 0.6 is 0 Å². The zero-order chi connectivity index (χ0) is 11.5. The van der Waals surface area contributed by atoms with Gasteiger partial charge in [-0.2, -0.15) is 0 Å². The minimum Gasteiger partial charge on any atom is -0.103 e. The average molecular weight is 210 g/mol. The summed E-state index contributed by atoms with van der Waals surface area (Å²) in [6.45, 7) is 10.1. The fraction of sp³-hybridized carbons (Fsp3) is 0.867. The first kappa shape index (κ1) is 14.7. The second kappa shape index (κ2) is 10.3. The van der Waals surface area contributed by atoms with Gasteiger partial charge >= 0.3 is 0 Å². The van der Waals surface area contributed by atoms with Crippen molar-refractivity contribution >= 4 is 0 Å². The second-order valence-corrected chi connectivity index (χ2v) is 4.75. The third-order valence-corrected chi connectivity index (χ3v) is 3.37. The summed E-state index contributed by atoms with van der Waals surface area (Å²) in [4.78, 5) is 0. The Morgan fingerprint density at radius 3 is 1.33 bits per heavy atom. The van der Waals surface area contributed by atoms with Crippen LogP contribution in [0, 0.1) is 11.8 Å². The van der Waals surface area contributed by atoms with Crippen molar-refractivity contribution in [2.75, 3.05) is 0 Å².